The minimum absolute atomic E-state index is 0.0879. The third kappa shape index (κ3) is 12.1. The second kappa shape index (κ2) is 13.9. The Hall–Kier alpha value is -1.07. The minimum atomic E-state index is -1.23. The zero-order chi connectivity index (χ0) is 26.1. The second-order valence-electron chi connectivity index (χ2n) is 9.58. The molecule has 34 heavy (non-hydrogen) atoms. The summed E-state index contributed by atoms with van der Waals surface area (Å²) in [6, 6.07) is 11.2. The van der Waals surface area contributed by atoms with Crippen LogP contribution in [0, 0.1) is 0 Å². The van der Waals surface area contributed by atoms with E-state index in [1.54, 1.807) is 0 Å². The predicted octanol–water partition coefficient (Wildman–Crippen LogP) is 6.63. The maximum absolute atomic E-state index is 12.2. The van der Waals surface area contributed by atoms with Gasteiger partial charge in [0.25, 0.3) is 0 Å². The van der Waals surface area contributed by atoms with Gasteiger partial charge in [-0.2, -0.15) is 4.40 Å². The van der Waals surface area contributed by atoms with Gasteiger partial charge in [-0.05, 0) is 111 Å². The van der Waals surface area contributed by atoms with Crippen LogP contribution in [0.2, 0.25) is 0 Å². The number of nitrogens with one attached hydrogen (secondary N) is 1. The van der Waals surface area contributed by atoms with Gasteiger partial charge in [-0.1, -0.05) is 17.7 Å². The van der Waals surface area contributed by atoms with Crippen molar-refractivity contribution in [3.8, 4) is 0 Å². The van der Waals surface area contributed by atoms with Gasteiger partial charge in [-0.15, -0.1) is 6.58 Å². The second-order valence-corrected chi connectivity index (χ2v) is 15.1. The van der Waals surface area contributed by atoms with Crippen molar-refractivity contribution in [1.29, 1.82) is 0 Å². The van der Waals surface area contributed by atoms with Crippen LogP contribution < -0.4 is 4.72 Å². The molecular formula is C24H34Br2N4O2S2. The van der Waals surface area contributed by atoms with Crippen LogP contribution in [0.25, 0.3) is 0 Å². The highest BCUT2D eigenvalue weighted by Crippen LogP contribution is 2.23. The molecule has 0 unspecified atom stereocenters. The number of aromatic nitrogens is 2. The molecule has 1 N–H and O–H groups in total. The van der Waals surface area contributed by atoms with E-state index >= 15 is 0 Å². The first-order valence-electron chi connectivity index (χ1n) is 10.6. The molecule has 188 valence electrons. The maximum atomic E-state index is 12.2. The Labute approximate surface area is 226 Å². The zero-order valence-electron chi connectivity index (χ0n) is 20.8. The average molecular weight is 635 g/mol. The standard InChI is InChI=1S/C14H21BrN2OS.C10H13BrN2OS/c1-10(2)9-12(17-19(18)14(3,4)5)11-7-6-8-13(15)16-11;1-10(2,3)15(14)12-7-8-5-4-6-9(11)13-8/h6-8,12,17H,1,9H2,2-5H3;4-7H,1-3H3/t12-,19-;15-/m00/s1. The third-order valence-electron chi connectivity index (χ3n) is 3.99. The highest BCUT2D eigenvalue weighted by atomic mass is 79.9. The van der Waals surface area contributed by atoms with Gasteiger partial charge in [0.1, 0.15) is 20.2 Å². The van der Waals surface area contributed by atoms with E-state index in [0.717, 1.165) is 20.5 Å². The highest BCUT2D eigenvalue weighted by molar-refractivity contribution is 9.10. The Morgan fingerprint density at radius 2 is 1.59 bits per heavy atom. The smallest absolute Gasteiger partial charge is 0.144 e. The largest absolute Gasteiger partial charge is 0.244 e. The number of hydrogen-bond donors (Lipinski definition) is 1. The number of pyridine rings is 2. The quantitative estimate of drug-likeness (QED) is 0.211. The van der Waals surface area contributed by atoms with Crippen molar-refractivity contribution in [3.05, 3.63) is 69.1 Å². The van der Waals surface area contributed by atoms with Crippen LogP contribution >= 0.6 is 31.9 Å². The molecule has 0 spiro atoms. The topological polar surface area (TPSA) is 84.3 Å². The molecule has 0 fully saturated rings. The van der Waals surface area contributed by atoms with E-state index in [2.05, 4.69) is 57.5 Å². The average Bonchev–Trinajstić information content (AvgIpc) is 2.70. The molecule has 0 saturated heterocycles. The van der Waals surface area contributed by atoms with Crippen molar-refractivity contribution in [2.24, 2.45) is 4.40 Å². The normalized spacial score (nSPS) is 14.7. The molecule has 0 aliphatic heterocycles. The molecule has 0 aromatic carbocycles. The SMILES string of the molecule is C=C(C)C[C@H](N[S@@](=O)C(C)(C)C)c1cccc(Br)n1.CC(C)(C)[S@](=O)N=Cc1cccc(Br)n1. The van der Waals surface area contributed by atoms with E-state index in [9.17, 15) is 8.42 Å². The predicted molar refractivity (Wildman–Crippen MR) is 153 cm³/mol. The summed E-state index contributed by atoms with van der Waals surface area (Å²) in [5.74, 6) is 0. The summed E-state index contributed by atoms with van der Waals surface area (Å²) in [6.45, 7) is 17.4. The monoisotopic (exact) mass is 632 g/mol. The van der Waals surface area contributed by atoms with Crippen LogP contribution in [-0.4, -0.2) is 34.1 Å². The number of rotatable bonds is 7. The van der Waals surface area contributed by atoms with Gasteiger partial charge in [-0.3, -0.25) is 0 Å². The summed E-state index contributed by atoms with van der Waals surface area (Å²) in [5, 5.41) is 0. The maximum Gasteiger partial charge on any atom is 0.144 e. The van der Waals surface area contributed by atoms with Crippen molar-refractivity contribution < 1.29 is 8.42 Å². The summed E-state index contributed by atoms with van der Waals surface area (Å²) < 4.78 is 31.9. The molecule has 0 bridgehead atoms. The molecule has 0 radical (unpaired) electrons. The summed E-state index contributed by atoms with van der Waals surface area (Å²) in [7, 11) is -2.37. The summed E-state index contributed by atoms with van der Waals surface area (Å²) in [6.07, 6.45) is 2.25. The Balaban J connectivity index is 0.000000350. The third-order valence-corrected chi connectivity index (χ3v) is 7.83. The minimum Gasteiger partial charge on any atom is -0.244 e. The molecule has 2 rings (SSSR count). The summed E-state index contributed by atoms with van der Waals surface area (Å²) >= 11 is 6.63. The van der Waals surface area contributed by atoms with Crippen molar-refractivity contribution in [2.75, 3.05) is 0 Å². The van der Waals surface area contributed by atoms with Crippen LogP contribution in [0.15, 0.2) is 62.2 Å². The lowest BCUT2D eigenvalue weighted by molar-refractivity contribution is 0.587. The van der Waals surface area contributed by atoms with Gasteiger partial charge < -0.3 is 0 Å². The molecule has 10 heteroatoms. The Bertz CT molecular complexity index is 1050. The lowest BCUT2D eigenvalue weighted by atomic mass is 10.1. The fourth-order valence-electron chi connectivity index (χ4n) is 2.23. The summed E-state index contributed by atoms with van der Waals surface area (Å²) in [4.78, 5) is 8.60. The Kier molecular flexibility index (Phi) is 12.6. The van der Waals surface area contributed by atoms with Gasteiger partial charge in [0.05, 0.1) is 44.1 Å². The Morgan fingerprint density at radius 1 is 1.03 bits per heavy atom. The number of nitrogens with zero attached hydrogens (tertiary/aromatic N) is 3. The van der Waals surface area contributed by atoms with Gasteiger partial charge in [0.2, 0.25) is 0 Å². The summed E-state index contributed by atoms with van der Waals surface area (Å²) in [5.41, 5.74) is 2.60. The first kappa shape index (κ1) is 31.0. The molecule has 6 nitrogen and oxygen atoms in total. The molecule has 3 atom stereocenters. The molecule has 2 aromatic heterocycles. The van der Waals surface area contributed by atoms with E-state index in [1.165, 1.54) is 6.21 Å². The fraction of sp³-hybridized carbons (Fsp3) is 0.458. The Morgan fingerprint density at radius 3 is 2.06 bits per heavy atom. The fourth-order valence-corrected chi connectivity index (χ4v) is 4.29. The first-order valence-corrected chi connectivity index (χ1v) is 14.5. The van der Waals surface area contributed by atoms with Crippen molar-refractivity contribution in [2.45, 2.75) is 70.4 Å². The lowest BCUT2D eigenvalue weighted by Gasteiger charge is -2.24. The van der Waals surface area contributed by atoms with E-state index in [4.69, 9.17) is 0 Å². The van der Waals surface area contributed by atoms with Crippen LogP contribution in [0.4, 0.5) is 0 Å². The molecular weight excluding hydrogens is 600 g/mol. The first-order chi connectivity index (χ1) is 15.6. The van der Waals surface area contributed by atoms with Gasteiger partial charge in [-0.25, -0.2) is 23.1 Å². The number of halogens is 2. The van der Waals surface area contributed by atoms with Crippen molar-refractivity contribution >= 4 is 60.0 Å². The lowest BCUT2D eigenvalue weighted by Crippen LogP contribution is -2.36. The highest BCUT2D eigenvalue weighted by Gasteiger charge is 2.24. The van der Waals surface area contributed by atoms with Crippen LogP contribution in [0.5, 0.6) is 0 Å². The van der Waals surface area contributed by atoms with E-state index < -0.39 is 22.0 Å². The van der Waals surface area contributed by atoms with E-state index in [-0.39, 0.29) is 15.5 Å². The van der Waals surface area contributed by atoms with Gasteiger partial charge in [0, 0.05) is 0 Å². The molecule has 2 heterocycles. The van der Waals surface area contributed by atoms with Crippen molar-refractivity contribution in [1.82, 2.24) is 14.7 Å². The molecule has 0 amide bonds. The molecule has 0 aliphatic carbocycles. The van der Waals surface area contributed by atoms with Crippen LogP contribution in [0.3, 0.4) is 0 Å². The molecule has 0 saturated carbocycles. The number of hydrogen-bond acceptors (Lipinski definition) is 4. The molecule has 2 aromatic rings. The van der Waals surface area contributed by atoms with Crippen LogP contribution in [-0.2, 0) is 22.0 Å². The molecule has 0 aliphatic rings. The zero-order valence-corrected chi connectivity index (χ0v) is 25.6. The van der Waals surface area contributed by atoms with Crippen molar-refractivity contribution in [3.63, 3.8) is 0 Å². The van der Waals surface area contributed by atoms with E-state index in [0.29, 0.717) is 12.1 Å². The van der Waals surface area contributed by atoms with Crippen LogP contribution in [0.1, 0.15) is 72.3 Å². The van der Waals surface area contributed by atoms with E-state index in [1.807, 2.05) is 84.9 Å². The van der Waals surface area contributed by atoms with Gasteiger partial charge >= 0.3 is 0 Å². The van der Waals surface area contributed by atoms with Gasteiger partial charge in [0.15, 0.2) is 0 Å².